The Hall–Kier alpha value is -2.96. The monoisotopic (exact) mass is 423 g/mol. The van der Waals surface area contributed by atoms with Gasteiger partial charge in [-0.2, -0.15) is 0 Å². The zero-order valence-corrected chi connectivity index (χ0v) is 17.7. The number of carbonyl (C=O) groups excluding carboxylic acids is 1. The molecule has 0 bridgehead atoms. The summed E-state index contributed by atoms with van der Waals surface area (Å²) in [6.45, 7) is 2.93. The summed E-state index contributed by atoms with van der Waals surface area (Å²) >= 11 is 0. The first-order valence-corrected chi connectivity index (χ1v) is 11.4. The zero-order chi connectivity index (χ0) is 21.4. The maximum absolute atomic E-state index is 12.5. The lowest BCUT2D eigenvalue weighted by molar-refractivity contribution is 0.0947. The van der Waals surface area contributed by atoms with Crippen molar-refractivity contribution in [3.63, 3.8) is 0 Å². The van der Waals surface area contributed by atoms with Crippen molar-refractivity contribution in [2.24, 2.45) is 0 Å². The lowest BCUT2D eigenvalue weighted by Crippen LogP contribution is -2.25. The van der Waals surface area contributed by atoms with Crippen LogP contribution in [0.3, 0.4) is 0 Å². The highest BCUT2D eigenvalue weighted by Crippen LogP contribution is 2.17. The van der Waals surface area contributed by atoms with Crippen molar-refractivity contribution in [3.8, 4) is 0 Å². The fourth-order valence-corrected chi connectivity index (χ4v) is 4.07. The highest BCUT2D eigenvalue weighted by molar-refractivity contribution is 7.91. The molecular formula is C24H25NO4S. The van der Waals surface area contributed by atoms with Crippen molar-refractivity contribution in [1.29, 1.82) is 0 Å². The number of benzene rings is 3. The largest absolute Gasteiger partial charge is 0.372 e. The molecule has 0 spiro atoms. The number of rotatable bonds is 9. The highest BCUT2D eigenvalue weighted by Gasteiger charge is 2.20. The normalized spacial score (nSPS) is 11.2. The average molecular weight is 424 g/mol. The van der Waals surface area contributed by atoms with Crippen LogP contribution in [-0.4, -0.2) is 20.1 Å². The Labute approximate surface area is 177 Å². The molecule has 0 radical (unpaired) electrons. The maximum atomic E-state index is 12.5. The number of amides is 1. The van der Waals surface area contributed by atoms with Gasteiger partial charge >= 0.3 is 0 Å². The van der Waals surface area contributed by atoms with Gasteiger partial charge in [0, 0.05) is 6.54 Å². The summed E-state index contributed by atoms with van der Waals surface area (Å²) in [7, 11) is -3.47. The van der Waals surface area contributed by atoms with Crippen molar-refractivity contribution in [2.45, 2.75) is 31.6 Å². The molecule has 0 aliphatic carbocycles. The van der Waals surface area contributed by atoms with Gasteiger partial charge in [0.25, 0.3) is 5.91 Å². The summed E-state index contributed by atoms with van der Waals surface area (Å²) in [4.78, 5) is 12.6. The fourth-order valence-electron chi connectivity index (χ4n) is 2.97. The molecule has 0 fully saturated rings. The summed E-state index contributed by atoms with van der Waals surface area (Å²) in [6.07, 6.45) is 0. The quantitative estimate of drug-likeness (QED) is 0.562. The second-order valence-electron chi connectivity index (χ2n) is 6.88. The molecule has 3 aromatic carbocycles. The molecule has 30 heavy (non-hydrogen) atoms. The first kappa shape index (κ1) is 21.7. The molecule has 0 aliphatic rings. The summed E-state index contributed by atoms with van der Waals surface area (Å²) in [5.41, 5.74) is 3.26. The van der Waals surface area contributed by atoms with E-state index in [0.717, 1.165) is 16.7 Å². The van der Waals surface area contributed by atoms with E-state index in [0.29, 0.717) is 19.8 Å². The predicted molar refractivity (Wildman–Crippen MR) is 117 cm³/mol. The van der Waals surface area contributed by atoms with Gasteiger partial charge in [0.2, 0.25) is 0 Å². The molecule has 1 amide bonds. The van der Waals surface area contributed by atoms with Crippen LogP contribution < -0.4 is 5.32 Å². The van der Waals surface area contributed by atoms with Gasteiger partial charge in [0.05, 0.1) is 29.4 Å². The van der Waals surface area contributed by atoms with Crippen molar-refractivity contribution in [2.75, 3.05) is 5.75 Å². The van der Waals surface area contributed by atoms with Crippen LogP contribution >= 0.6 is 0 Å². The van der Waals surface area contributed by atoms with E-state index in [-0.39, 0.29) is 16.2 Å². The first-order valence-electron chi connectivity index (χ1n) is 9.79. The summed E-state index contributed by atoms with van der Waals surface area (Å²) in [6, 6.07) is 24.1. The number of hydrogen-bond acceptors (Lipinski definition) is 4. The number of ether oxygens (including phenoxy) is 1. The molecule has 6 heteroatoms. The fraction of sp³-hybridized carbons (Fsp3) is 0.208. The van der Waals surface area contributed by atoms with Gasteiger partial charge in [-0.1, -0.05) is 73.7 Å². The standard InChI is InChI=1S/C24H25NO4S/c1-2-30(27,28)23-11-7-6-10-22(23)24(26)25-16-19-12-14-21(15-13-19)18-29-17-20-8-4-3-5-9-20/h3-15H,2,16-18H2,1H3,(H,25,26). The molecule has 0 atom stereocenters. The van der Waals surface area contributed by atoms with Crippen LogP contribution in [0.1, 0.15) is 34.0 Å². The topological polar surface area (TPSA) is 72.5 Å². The van der Waals surface area contributed by atoms with Crippen LogP contribution in [-0.2, 0) is 34.3 Å². The number of hydrogen-bond donors (Lipinski definition) is 1. The summed E-state index contributed by atoms with van der Waals surface area (Å²) < 4.78 is 30.2. The van der Waals surface area contributed by atoms with Crippen molar-refractivity contribution < 1.29 is 17.9 Å². The minimum Gasteiger partial charge on any atom is -0.372 e. The Morgan fingerprint density at radius 1 is 0.800 bits per heavy atom. The van der Waals surface area contributed by atoms with Gasteiger partial charge in [-0.25, -0.2) is 8.42 Å². The van der Waals surface area contributed by atoms with Crippen LogP contribution in [0.25, 0.3) is 0 Å². The summed E-state index contributed by atoms with van der Waals surface area (Å²) in [5.74, 6) is -0.455. The average Bonchev–Trinajstić information content (AvgIpc) is 2.79. The van der Waals surface area contributed by atoms with Crippen LogP contribution in [0.2, 0.25) is 0 Å². The Kier molecular flexibility index (Phi) is 7.38. The number of carbonyl (C=O) groups is 1. The molecule has 3 aromatic rings. The van der Waals surface area contributed by atoms with Gasteiger partial charge in [-0.15, -0.1) is 0 Å². The molecule has 156 valence electrons. The van der Waals surface area contributed by atoms with Gasteiger partial charge in [-0.05, 0) is 28.8 Å². The molecule has 5 nitrogen and oxygen atoms in total. The van der Waals surface area contributed by atoms with Gasteiger partial charge in [0.1, 0.15) is 0 Å². The second-order valence-corrected chi connectivity index (χ2v) is 9.12. The van der Waals surface area contributed by atoms with E-state index in [2.05, 4.69) is 5.32 Å². The lowest BCUT2D eigenvalue weighted by Gasteiger charge is -2.10. The number of sulfone groups is 1. The third kappa shape index (κ3) is 5.78. The Balaban J connectivity index is 1.55. The Bertz CT molecular complexity index is 1080. The van der Waals surface area contributed by atoms with E-state index in [1.54, 1.807) is 19.1 Å². The van der Waals surface area contributed by atoms with Crippen LogP contribution in [0, 0.1) is 0 Å². The molecule has 3 rings (SSSR count). The van der Waals surface area contributed by atoms with Gasteiger partial charge < -0.3 is 10.1 Å². The zero-order valence-electron chi connectivity index (χ0n) is 16.9. The van der Waals surface area contributed by atoms with Crippen LogP contribution in [0.4, 0.5) is 0 Å². The molecule has 0 heterocycles. The van der Waals surface area contributed by atoms with Crippen molar-refractivity contribution >= 4 is 15.7 Å². The van der Waals surface area contributed by atoms with E-state index in [1.165, 1.54) is 12.1 Å². The summed E-state index contributed by atoms with van der Waals surface area (Å²) in [5, 5.41) is 2.80. The van der Waals surface area contributed by atoms with E-state index >= 15 is 0 Å². The lowest BCUT2D eigenvalue weighted by atomic mass is 10.1. The van der Waals surface area contributed by atoms with Crippen LogP contribution in [0.5, 0.6) is 0 Å². The molecule has 0 unspecified atom stereocenters. The minimum atomic E-state index is -3.47. The van der Waals surface area contributed by atoms with Gasteiger partial charge in [0.15, 0.2) is 9.84 Å². The smallest absolute Gasteiger partial charge is 0.252 e. The van der Waals surface area contributed by atoms with E-state index in [4.69, 9.17) is 4.74 Å². The minimum absolute atomic E-state index is 0.0505. The van der Waals surface area contributed by atoms with Crippen molar-refractivity contribution in [1.82, 2.24) is 5.32 Å². The van der Waals surface area contributed by atoms with Crippen molar-refractivity contribution in [3.05, 3.63) is 101 Å². The molecule has 1 N–H and O–H groups in total. The highest BCUT2D eigenvalue weighted by atomic mass is 32.2. The van der Waals surface area contributed by atoms with E-state index in [1.807, 2.05) is 54.6 Å². The maximum Gasteiger partial charge on any atom is 0.252 e. The number of nitrogens with one attached hydrogen (secondary N) is 1. The predicted octanol–water partition coefficient (Wildman–Crippen LogP) is 4.13. The SMILES string of the molecule is CCS(=O)(=O)c1ccccc1C(=O)NCc1ccc(COCc2ccccc2)cc1. The first-order chi connectivity index (χ1) is 14.5. The van der Waals surface area contributed by atoms with E-state index in [9.17, 15) is 13.2 Å². The molecule has 0 aromatic heterocycles. The third-order valence-corrected chi connectivity index (χ3v) is 6.49. The Morgan fingerprint density at radius 3 is 2.03 bits per heavy atom. The Morgan fingerprint density at radius 2 is 1.37 bits per heavy atom. The second kappa shape index (κ2) is 10.2. The van der Waals surface area contributed by atoms with E-state index < -0.39 is 15.7 Å². The van der Waals surface area contributed by atoms with Crippen LogP contribution in [0.15, 0.2) is 83.8 Å². The van der Waals surface area contributed by atoms with Gasteiger partial charge in [-0.3, -0.25) is 4.79 Å². The molecular weight excluding hydrogens is 398 g/mol. The molecule has 0 saturated heterocycles. The molecule has 0 aliphatic heterocycles. The third-order valence-electron chi connectivity index (χ3n) is 4.70. The molecule has 0 saturated carbocycles.